The van der Waals surface area contributed by atoms with Crippen LogP contribution in [0.15, 0.2) is 12.1 Å². The third-order valence-electron chi connectivity index (χ3n) is 2.88. The Balaban J connectivity index is 3.11. The molecule has 4 nitrogen and oxygen atoms in total. The smallest absolute Gasteiger partial charge is 0.203 e. The highest BCUT2D eigenvalue weighted by Gasteiger charge is 2.17. The summed E-state index contributed by atoms with van der Waals surface area (Å²) < 4.78 is 16.3. The Hall–Kier alpha value is -1.42. The van der Waals surface area contributed by atoms with Crippen molar-refractivity contribution >= 4 is 0 Å². The minimum absolute atomic E-state index is 0.506. The lowest BCUT2D eigenvalue weighted by atomic mass is 10.0. The molecule has 1 atom stereocenters. The quantitative estimate of drug-likeness (QED) is 0.785. The van der Waals surface area contributed by atoms with Gasteiger partial charge >= 0.3 is 0 Å². The van der Waals surface area contributed by atoms with Crippen molar-refractivity contribution in [2.45, 2.75) is 39.2 Å². The fraction of sp³-hybridized carbons (Fsp3) is 0.600. The van der Waals surface area contributed by atoms with Crippen LogP contribution < -0.4 is 14.2 Å². The highest BCUT2D eigenvalue weighted by Crippen LogP contribution is 2.40. The van der Waals surface area contributed by atoms with Gasteiger partial charge in [-0.3, -0.25) is 0 Å². The van der Waals surface area contributed by atoms with Crippen LogP contribution in [0.4, 0.5) is 0 Å². The van der Waals surface area contributed by atoms with Crippen molar-refractivity contribution in [3.63, 3.8) is 0 Å². The highest BCUT2D eigenvalue weighted by molar-refractivity contribution is 5.54. The molecule has 1 aromatic carbocycles. The maximum atomic E-state index is 10.1. The average molecular weight is 268 g/mol. The Morgan fingerprint density at radius 2 is 1.63 bits per heavy atom. The van der Waals surface area contributed by atoms with Crippen LogP contribution >= 0.6 is 0 Å². The fourth-order valence-electron chi connectivity index (χ4n) is 1.88. The molecule has 0 aliphatic carbocycles. The van der Waals surface area contributed by atoms with Gasteiger partial charge in [-0.05, 0) is 30.5 Å². The van der Waals surface area contributed by atoms with Crippen molar-refractivity contribution in [3.05, 3.63) is 17.7 Å². The summed E-state index contributed by atoms with van der Waals surface area (Å²) in [6, 6.07) is 3.63. The third kappa shape index (κ3) is 4.03. The van der Waals surface area contributed by atoms with Gasteiger partial charge in [0.05, 0.1) is 26.9 Å². The van der Waals surface area contributed by atoms with Crippen LogP contribution in [0.3, 0.4) is 0 Å². The van der Waals surface area contributed by atoms with E-state index in [0.717, 1.165) is 18.4 Å². The van der Waals surface area contributed by atoms with Crippen LogP contribution in [0.1, 0.15) is 44.8 Å². The SMILES string of the molecule is CCCOc1c(OC)cc(C(O)CCC)cc1OC. The number of benzene rings is 1. The molecule has 0 spiro atoms. The second kappa shape index (κ2) is 7.89. The van der Waals surface area contributed by atoms with E-state index in [2.05, 4.69) is 0 Å². The van der Waals surface area contributed by atoms with Gasteiger partial charge in [-0.2, -0.15) is 0 Å². The van der Waals surface area contributed by atoms with Gasteiger partial charge in [0, 0.05) is 0 Å². The fourth-order valence-corrected chi connectivity index (χ4v) is 1.88. The zero-order valence-corrected chi connectivity index (χ0v) is 12.2. The molecule has 1 aromatic rings. The molecular weight excluding hydrogens is 244 g/mol. The molecule has 0 radical (unpaired) electrons. The monoisotopic (exact) mass is 268 g/mol. The Labute approximate surface area is 115 Å². The van der Waals surface area contributed by atoms with E-state index in [0.29, 0.717) is 30.3 Å². The first kappa shape index (κ1) is 15.6. The molecule has 1 rings (SSSR count). The standard InChI is InChI=1S/C15H24O4/c1-5-7-12(16)11-9-13(17-3)15(19-8-6-2)14(10-11)18-4/h9-10,12,16H,5-8H2,1-4H3. The van der Waals surface area contributed by atoms with Crippen molar-refractivity contribution in [1.82, 2.24) is 0 Å². The predicted molar refractivity (Wildman–Crippen MR) is 75.2 cm³/mol. The number of aliphatic hydroxyl groups is 1. The maximum Gasteiger partial charge on any atom is 0.203 e. The molecule has 0 amide bonds. The van der Waals surface area contributed by atoms with Gasteiger partial charge < -0.3 is 19.3 Å². The van der Waals surface area contributed by atoms with Gasteiger partial charge in [0.15, 0.2) is 11.5 Å². The first-order valence-corrected chi connectivity index (χ1v) is 6.74. The van der Waals surface area contributed by atoms with E-state index < -0.39 is 6.10 Å². The van der Waals surface area contributed by atoms with Crippen molar-refractivity contribution in [2.24, 2.45) is 0 Å². The second-order valence-electron chi connectivity index (χ2n) is 4.41. The van der Waals surface area contributed by atoms with Crippen LogP contribution in [-0.4, -0.2) is 25.9 Å². The summed E-state index contributed by atoms with van der Waals surface area (Å²) in [7, 11) is 3.17. The molecule has 0 aliphatic heterocycles. The number of rotatable bonds is 8. The van der Waals surface area contributed by atoms with E-state index in [1.165, 1.54) is 0 Å². The third-order valence-corrected chi connectivity index (χ3v) is 2.88. The molecule has 0 aromatic heterocycles. The largest absolute Gasteiger partial charge is 0.493 e. The number of ether oxygens (including phenoxy) is 3. The topological polar surface area (TPSA) is 47.9 Å². The maximum absolute atomic E-state index is 10.1. The second-order valence-corrected chi connectivity index (χ2v) is 4.41. The van der Waals surface area contributed by atoms with Gasteiger partial charge in [0.1, 0.15) is 0 Å². The zero-order chi connectivity index (χ0) is 14.3. The van der Waals surface area contributed by atoms with E-state index in [1.807, 2.05) is 26.0 Å². The molecule has 4 heteroatoms. The first-order chi connectivity index (χ1) is 9.17. The van der Waals surface area contributed by atoms with E-state index in [1.54, 1.807) is 14.2 Å². The average Bonchev–Trinajstić information content (AvgIpc) is 2.44. The summed E-state index contributed by atoms with van der Waals surface area (Å²) in [6.45, 7) is 4.68. The molecule has 0 aliphatic rings. The summed E-state index contributed by atoms with van der Waals surface area (Å²) in [5, 5.41) is 10.1. The molecule has 108 valence electrons. The summed E-state index contributed by atoms with van der Waals surface area (Å²) in [6.07, 6.45) is 2.03. The molecule has 1 unspecified atom stereocenters. The van der Waals surface area contributed by atoms with Crippen molar-refractivity contribution < 1.29 is 19.3 Å². The van der Waals surface area contributed by atoms with E-state index >= 15 is 0 Å². The molecule has 19 heavy (non-hydrogen) atoms. The molecular formula is C15H24O4. The van der Waals surface area contributed by atoms with Crippen LogP contribution in [0.2, 0.25) is 0 Å². The van der Waals surface area contributed by atoms with Crippen molar-refractivity contribution in [1.29, 1.82) is 0 Å². The van der Waals surface area contributed by atoms with Gasteiger partial charge in [-0.15, -0.1) is 0 Å². The van der Waals surface area contributed by atoms with E-state index in [9.17, 15) is 5.11 Å². The van der Waals surface area contributed by atoms with E-state index in [4.69, 9.17) is 14.2 Å². The number of methoxy groups -OCH3 is 2. The Kier molecular flexibility index (Phi) is 6.50. The van der Waals surface area contributed by atoms with Crippen molar-refractivity contribution in [3.8, 4) is 17.2 Å². The minimum Gasteiger partial charge on any atom is -0.493 e. The summed E-state index contributed by atoms with van der Waals surface area (Å²) in [5.74, 6) is 1.79. The number of aliphatic hydroxyl groups excluding tert-OH is 1. The first-order valence-electron chi connectivity index (χ1n) is 6.74. The Bertz CT molecular complexity index is 365. The van der Waals surface area contributed by atoms with Crippen LogP contribution in [-0.2, 0) is 0 Å². The zero-order valence-electron chi connectivity index (χ0n) is 12.2. The van der Waals surface area contributed by atoms with Gasteiger partial charge in [-0.25, -0.2) is 0 Å². The summed E-state index contributed by atoms with van der Waals surface area (Å²) in [4.78, 5) is 0. The minimum atomic E-state index is -0.506. The normalized spacial score (nSPS) is 12.1. The lowest BCUT2D eigenvalue weighted by Gasteiger charge is -2.18. The van der Waals surface area contributed by atoms with Gasteiger partial charge in [-0.1, -0.05) is 20.3 Å². The number of hydrogen-bond acceptors (Lipinski definition) is 4. The van der Waals surface area contributed by atoms with Gasteiger partial charge in [0.2, 0.25) is 5.75 Å². The summed E-state index contributed by atoms with van der Waals surface area (Å²) >= 11 is 0. The lowest BCUT2D eigenvalue weighted by Crippen LogP contribution is -2.03. The van der Waals surface area contributed by atoms with Crippen LogP contribution in [0, 0.1) is 0 Å². The molecule has 0 bridgehead atoms. The lowest BCUT2D eigenvalue weighted by molar-refractivity contribution is 0.165. The number of hydrogen-bond donors (Lipinski definition) is 1. The Morgan fingerprint density at radius 3 is 2.05 bits per heavy atom. The molecule has 0 saturated heterocycles. The summed E-state index contributed by atoms with van der Waals surface area (Å²) in [5.41, 5.74) is 0.791. The molecule has 0 saturated carbocycles. The van der Waals surface area contributed by atoms with E-state index in [-0.39, 0.29) is 0 Å². The Morgan fingerprint density at radius 1 is 1.05 bits per heavy atom. The molecule has 1 N–H and O–H groups in total. The van der Waals surface area contributed by atoms with Crippen molar-refractivity contribution in [2.75, 3.05) is 20.8 Å². The van der Waals surface area contributed by atoms with Crippen LogP contribution in [0.25, 0.3) is 0 Å². The van der Waals surface area contributed by atoms with Gasteiger partial charge in [0.25, 0.3) is 0 Å². The molecule has 0 heterocycles. The highest BCUT2D eigenvalue weighted by atomic mass is 16.5. The predicted octanol–water partition coefficient (Wildman–Crippen LogP) is 3.33. The van der Waals surface area contributed by atoms with Crippen LogP contribution in [0.5, 0.6) is 17.2 Å². The molecule has 0 fully saturated rings.